The maximum absolute atomic E-state index is 12.6. The maximum Gasteiger partial charge on any atom is 0.329 e. The van der Waals surface area contributed by atoms with E-state index in [1.165, 1.54) is 19.2 Å². The first-order valence-corrected chi connectivity index (χ1v) is 10.0. The zero-order chi connectivity index (χ0) is 18.2. The summed E-state index contributed by atoms with van der Waals surface area (Å²) >= 11 is 0. The molecule has 0 aliphatic carbocycles. The summed E-state index contributed by atoms with van der Waals surface area (Å²) in [6, 6.07) is 6.48. The number of nitrogens with zero attached hydrogens (tertiary/aromatic N) is 2. The molecule has 1 aliphatic heterocycles. The summed E-state index contributed by atoms with van der Waals surface area (Å²) in [5.74, 6) is 0.581. The van der Waals surface area contributed by atoms with Gasteiger partial charge in [0.2, 0.25) is 0 Å². The van der Waals surface area contributed by atoms with E-state index < -0.39 is 15.5 Å². The van der Waals surface area contributed by atoms with Crippen LogP contribution in [0.25, 0.3) is 0 Å². The van der Waals surface area contributed by atoms with E-state index in [-0.39, 0.29) is 10.5 Å². The topological polar surface area (TPSA) is 92.2 Å². The Morgan fingerprint density at radius 1 is 1.08 bits per heavy atom. The first-order valence-electron chi connectivity index (χ1n) is 8.13. The molecular formula is C17H21N3O4S. The summed E-state index contributed by atoms with van der Waals surface area (Å²) < 4.78 is 24.2. The second kappa shape index (κ2) is 6.51. The van der Waals surface area contributed by atoms with Gasteiger partial charge in [0, 0.05) is 32.8 Å². The number of benzene rings is 1. The van der Waals surface area contributed by atoms with Crippen LogP contribution in [-0.2, 0) is 23.3 Å². The lowest BCUT2D eigenvalue weighted by molar-refractivity contribution is 0.602. The minimum Gasteiger partial charge on any atom is -0.358 e. The number of hydrogen-bond donors (Lipinski definition) is 1. The lowest BCUT2D eigenvalue weighted by Crippen LogP contribution is -2.38. The molecule has 0 atom stereocenters. The molecule has 1 aromatic heterocycles. The number of nitrogens with one attached hydrogen (secondary N) is 1. The van der Waals surface area contributed by atoms with E-state index in [0.717, 1.165) is 42.3 Å². The van der Waals surface area contributed by atoms with E-state index in [4.69, 9.17) is 0 Å². The van der Waals surface area contributed by atoms with Crippen molar-refractivity contribution in [1.29, 1.82) is 0 Å². The third kappa shape index (κ3) is 3.53. The molecule has 2 aromatic rings. The molecule has 1 aromatic carbocycles. The third-order valence-corrected chi connectivity index (χ3v) is 5.66. The average molecular weight is 363 g/mol. The number of hydrogen-bond acceptors (Lipinski definition) is 5. The van der Waals surface area contributed by atoms with Crippen molar-refractivity contribution < 1.29 is 8.42 Å². The summed E-state index contributed by atoms with van der Waals surface area (Å²) in [5.41, 5.74) is 0.592. The number of aromatic nitrogens is 2. The molecule has 0 radical (unpaired) electrons. The van der Waals surface area contributed by atoms with E-state index in [2.05, 4.69) is 4.98 Å². The van der Waals surface area contributed by atoms with Crippen LogP contribution in [0.15, 0.2) is 38.8 Å². The lowest BCUT2D eigenvalue weighted by Gasteiger charge is -2.20. The first kappa shape index (κ1) is 17.5. The fourth-order valence-electron chi connectivity index (χ4n) is 3.09. The van der Waals surface area contributed by atoms with E-state index in [1.807, 2.05) is 4.90 Å². The van der Waals surface area contributed by atoms with Crippen LogP contribution in [0.2, 0.25) is 0 Å². The van der Waals surface area contributed by atoms with E-state index in [0.29, 0.717) is 17.8 Å². The molecule has 0 saturated carbocycles. The molecule has 1 N–H and O–H groups in total. The third-order valence-electron chi connectivity index (χ3n) is 4.53. The quantitative estimate of drug-likeness (QED) is 0.862. The predicted octanol–water partition coefficient (Wildman–Crippen LogP) is 0.668. The molecule has 2 heterocycles. The molecule has 25 heavy (non-hydrogen) atoms. The van der Waals surface area contributed by atoms with Gasteiger partial charge in [-0.1, -0.05) is 12.1 Å². The fraction of sp³-hybridized carbons (Fsp3) is 0.412. The summed E-state index contributed by atoms with van der Waals surface area (Å²) in [6.45, 7) is 1.62. The maximum atomic E-state index is 12.6. The van der Waals surface area contributed by atoms with Gasteiger partial charge in [-0.3, -0.25) is 14.3 Å². The normalized spacial score (nSPS) is 14.9. The van der Waals surface area contributed by atoms with E-state index in [9.17, 15) is 18.0 Å². The monoisotopic (exact) mass is 363 g/mol. The highest BCUT2D eigenvalue weighted by Crippen LogP contribution is 2.21. The smallest absolute Gasteiger partial charge is 0.329 e. The predicted molar refractivity (Wildman–Crippen MR) is 96.1 cm³/mol. The van der Waals surface area contributed by atoms with Crippen molar-refractivity contribution in [2.45, 2.75) is 24.2 Å². The highest BCUT2D eigenvalue weighted by Gasteiger charge is 2.21. The first-order chi connectivity index (χ1) is 11.8. The number of aromatic amines is 1. The van der Waals surface area contributed by atoms with Crippen LogP contribution in [0.3, 0.4) is 0 Å². The van der Waals surface area contributed by atoms with Crippen LogP contribution in [0.5, 0.6) is 0 Å². The summed E-state index contributed by atoms with van der Waals surface area (Å²) in [7, 11) is -1.81. The van der Waals surface area contributed by atoms with Crippen molar-refractivity contribution in [1.82, 2.24) is 9.55 Å². The van der Waals surface area contributed by atoms with Gasteiger partial charge in [0.1, 0.15) is 5.82 Å². The largest absolute Gasteiger partial charge is 0.358 e. The molecule has 8 heteroatoms. The fourth-order valence-corrected chi connectivity index (χ4v) is 3.72. The van der Waals surface area contributed by atoms with Crippen molar-refractivity contribution in [3.8, 4) is 0 Å². The van der Waals surface area contributed by atoms with Crippen LogP contribution in [0.4, 0.5) is 5.82 Å². The molecule has 1 aliphatic rings. The van der Waals surface area contributed by atoms with Crippen LogP contribution in [-0.4, -0.2) is 37.3 Å². The number of anilines is 1. The Balaban J connectivity index is 2.03. The van der Waals surface area contributed by atoms with Crippen LogP contribution in [0.1, 0.15) is 24.0 Å². The number of H-pyrrole nitrogens is 1. The van der Waals surface area contributed by atoms with Crippen molar-refractivity contribution in [3.05, 3.63) is 56.2 Å². The van der Waals surface area contributed by atoms with Crippen molar-refractivity contribution >= 4 is 15.7 Å². The van der Waals surface area contributed by atoms with Gasteiger partial charge >= 0.3 is 5.69 Å². The number of rotatable bonds is 4. The van der Waals surface area contributed by atoms with Crippen LogP contribution in [0, 0.1) is 0 Å². The van der Waals surface area contributed by atoms with Crippen LogP contribution >= 0.6 is 0 Å². The van der Waals surface area contributed by atoms with Crippen molar-refractivity contribution in [2.24, 2.45) is 7.05 Å². The highest BCUT2D eigenvalue weighted by atomic mass is 32.2. The standard InChI is InChI=1S/C17H21N3O4S/c1-19-16(21)14(15(18-17(19)22)20-9-3-4-10-20)11-12-5-7-13(8-6-12)25(2,23)24/h5-8H,3-4,9-11H2,1-2H3,(H,18,22). The second-order valence-corrected chi connectivity index (χ2v) is 8.42. The van der Waals surface area contributed by atoms with Crippen molar-refractivity contribution in [2.75, 3.05) is 24.2 Å². The van der Waals surface area contributed by atoms with Gasteiger partial charge < -0.3 is 4.90 Å². The molecule has 134 valence electrons. The Kier molecular flexibility index (Phi) is 4.55. The second-order valence-electron chi connectivity index (χ2n) is 6.41. The number of sulfone groups is 1. The molecule has 0 unspecified atom stereocenters. The van der Waals surface area contributed by atoms with Gasteiger partial charge in [-0.15, -0.1) is 0 Å². The lowest BCUT2D eigenvalue weighted by atomic mass is 10.1. The SMILES string of the molecule is Cn1c(=O)[nH]c(N2CCCC2)c(Cc2ccc(S(C)(=O)=O)cc2)c1=O. The summed E-state index contributed by atoms with van der Waals surface area (Å²) in [6.07, 6.45) is 3.55. The molecule has 3 rings (SSSR count). The van der Waals surface area contributed by atoms with E-state index in [1.54, 1.807) is 12.1 Å². The zero-order valence-corrected chi connectivity index (χ0v) is 15.1. The summed E-state index contributed by atoms with van der Waals surface area (Å²) in [5, 5.41) is 0. The Morgan fingerprint density at radius 3 is 2.24 bits per heavy atom. The van der Waals surface area contributed by atoms with E-state index >= 15 is 0 Å². The highest BCUT2D eigenvalue weighted by molar-refractivity contribution is 7.90. The minimum absolute atomic E-state index is 0.241. The molecule has 7 nitrogen and oxygen atoms in total. The Hall–Kier alpha value is -2.35. The Bertz CT molecular complexity index is 998. The van der Waals surface area contributed by atoms with Gasteiger partial charge in [0.05, 0.1) is 10.5 Å². The zero-order valence-electron chi connectivity index (χ0n) is 14.3. The Morgan fingerprint density at radius 2 is 1.68 bits per heavy atom. The molecule has 1 fully saturated rings. The van der Waals surface area contributed by atoms with Gasteiger partial charge in [-0.25, -0.2) is 13.2 Å². The molecular weight excluding hydrogens is 342 g/mol. The minimum atomic E-state index is -3.26. The van der Waals surface area contributed by atoms with Gasteiger partial charge in [0.25, 0.3) is 5.56 Å². The molecule has 0 spiro atoms. The Labute approximate surface area is 145 Å². The van der Waals surface area contributed by atoms with Gasteiger partial charge in [-0.05, 0) is 30.5 Å². The van der Waals surface area contributed by atoms with Gasteiger partial charge in [-0.2, -0.15) is 0 Å². The average Bonchev–Trinajstić information content (AvgIpc) is 3.09. The molecule has 0 bridgehead atoms. The molecule has 1 saturated heterocycles. The van der Waals surface area contributed by atoms with Crippen LogP contribution < -0.4 is 16.1 Å². The van der Waals surface area contributed by atoms with Gasteiger partial charge in [0.15, 0.2) is 9.84 Å². The van der Waals surface area contributed by atoms with Crippen molar-refractivity contribution in [3.63, 3.8) is 0 Å². The summed E-state index contributed by atoms with van der Waals surface area (Å²) in [4.78, 5) is 29.7. The molecule has 0 amide bonds.